The number of nitriles is 1. The van der Waals surface area contributed by atoms with Crippen molar-refractivity contribution in [3.63, 3.8) is 0 Å². The predicted molar refractivity (Wildman–Crippen MR) is 89.1 cm³/mol. The molecule has 20 heavy (non-hydrogen) atoms. The molecule has 1 N–H and O–H groups in total. The molecule has 2 nitrogen and oxygen atoms in total. The molecule has 2 rings (SSSR count). The van der Waals surface area contributed by atoms with Gasteiger partial charge in [-0.2, -0.15) is 5.26 Å². The lowest BCUT2D eigenvalue weighted by Crippen LogP contribution is -2.05. The topological polar surface area (TPSA) is 35.8 Å². The van der Waals surface area contributed by atoms with Crippen molar-refractivity contribution in [1.29, 1.82) is 5.26 Å². The van der Waals surface area contributed by atoms with E-state index in [1.165, 1.54) is 4.88 Å². The quantitative estimate of drug-likeness (QED) is 0.757. The molecule has 0 radical (unpaired) electrons. The van der Waals surface area contributed by atoms with Crippen molar-refractivity contribution >= 4 is 40.4 Å². The molecule has 5 heteroatoms. The fourth-order valence-electron chi connectivity index (χ4n) is 1.88. The first-order valence-corrected chi connectivity index (χ1v) is 8.56. The van der Waals surface area contributed by atoms with E-state index in [2.05, 4.69) is 18.3 Å². The minimum absolute atomic E-state index is 0.739. The van der Waals surface area contributed by atoms with Gasteiger partial charge in [0.2, 0.25) is 0 Å². The van der Waals surface area contributed by atoms with Crippen LogP contribution in [0, 0.1) is 11.3 Å². The number of rotatable bonds is 6. The number of nitrogens with zero attached hydrogens (tertiary/aromatic N) is 1. The largest absolute Gasteiger partial charge is 0.384 e. The van der Waals surface area contributed by atoms with Gasteiger partial charge >= 0.3 is 0 Å². The van der Waals surface area contributed by atoms with Crippen LogP contribution in [0.2, 0.25) is 4.34 Å². The van der Waals surface area contributed by atoms with E-state index in [1.54, 1.807) is 23.1 Å². The van der Waals surface area contributed by atoms with Crippen molar-refractivity contribution in [2.75, 3.05) is 17.6 Å². The summed E-state index contributed by atoms with van der Waals surface area (Å²) in [7, 11) is 0. The fourth-order valence-corrected chi connectivity index (χ4v) is 3.75. The Morgan fingerprint density at radius 3 is 2.85 bits per heavy atom. The highest BCUT2D eigenvalue weighted by Gasteiger charge is 2.07. The molecule has 2 aromatic rings. The minimum atomic E-state index is 0.739. The molecule has 0 fully saturated rings. The van der Waals surface area contributed by atoms with E-state index < -0.39 is 0 Å². The molecule has 0 aliphatic carbocycles. The summed E-state index contributed by atoms with van der Waals surface area (Å²) in [6.07, 6.45) is 0.910. The SMILES string of the molecule is CCSc1cccc(NCCc2ccc(Cl)s2)c1C#N. The van der Waals surface area contributed by atoms with Crippen LogP contribution in [-0.2, 0) is 6.42 Å². The molecule has 0 saturated carbocycles. The highest BCUT2D eigenvalue weighted by molar-refractivity contribution is 7.99. The highest BCUT2D eigenvalue weighted by Crippen LogP contribution is 2.28. The fraction of sp³-hybridized carbons (Fsp3) is 0.267. The van der Waals surface area contributed by atoms with Crippen molar-refractivity contribution in [3.8, 4) is 6.07 Å². The summed E-state index contributed by atoms with van der Waals surface area (Å²) in [6.45, 7) is 2.89. The molecule has 1 aromatic heterocycles. The van der Waals surface area contributed by atoms with Gasteiger partial charge in [-0.05, 0) is 36.4 Å². The molecule has 0 atom stereocenters. The molecule has 1 aromatic carbocycles. The van der Waals surface area contributed by atoms with Crippen LogP contribution in [-0.4, -0.2) is 12.3 Å². The second kappa shape index (κ2) is 7.58. The smallest absolute Gasteiger partial charge is 0.102 e. The van der Waals surface area contributed by atoms with E-state index in [0.717, 1.165) is 39.2 Å². The summed E-state index contributed by atoms with van der Waals surface area (Å²) in [6, 6.07) is 12.2. The van der Waals surface area contributed by atoms with E-state index in [9.17, 15) is 5.26 Å². The number of hydrogen-bond donors (Lipinski definition) is 1. The summed E-state index contributed by atoms with van der Waals surface area (Å²) < 4.78 is 0.819. The van der Waals surface area contributed by atoms with Gasteiger partial charge in [-0.1, -0.05) is 24.6 Å². The summed E-state index contributed by atoms with van der Waals surface area (Å²) >= 11 is 9.21. The van der Waals surface area contributed by atoms with Gasteiger partial charge in [0.05, 0.1) is 15.6 Å². The number of anilines is 1. The molecule has 0 spiro atoms. The molecule has 1 heterocycles. The standard InChI is InChI=1S/C15H15ClN2S2/c1-2-19-14-5-3-4-13(12(14)10-17)18-9-8-11-6-7-15(16)20-11/h3-7,18H,2,8-9H2,1H3. The molecular formula is C15H15ClN2S2. The molecule has 0 unspecified atom stereocenters. The Balaban J connectivity index is 2.02. The van der Waals surface area contributed by atoms with Gasteiger partial charge in [-0.25, -0.2) is 0 Å². The summed E-state index contributed by atoms with van der Waals surface area (Å²) in [5.41, 5.74) is 1.65. The van der Waals surface area contributed by atoms with Crippen molar-refractivity contribution in [3.05, 3.63) is 45.1 Å². The number of thiophene rings is 1. The summed E-state index contributed by atoms with van der Waals surface area (Å²) in [4.78, 5) is 2.29. The maximum Gasteiger partial charge on any atom is 0.102 e. The first kappa shape index (κ1) is 15.2. The third kappa shape index (κ3) is 3.92. The van der Waals surface area contributed by atoms with Crippen LogP contribution in [0.3, 0.4) is 0 Å². The second-order valence-electron chi connectivity index (χ2n) is 4.11. The van der Waals surface area contributed by atoms with Crippen molar-refractivity contribution in [1.82, 2.24) is 0 Å². The molecule has 0 bridgehead atoms. The zero-order valence-electron chi connectivity index (χ0n) is 11.1. The van der Waals surface area contributed by atoms with Gasteiger partial charge < -0.3 is 5.32 Å². The van der Waals surface area contributed by atoms with Gasteiger partial charge in [0.15, 0.2) is 0 Å². The highest BCUT2D eigenvalue weighted by atomic mass is 35.5. The minimum Gasteiger partial charge on any atom is -0.384 e. The third-order valence-corrected chi connectivity index (χ3v) is 4.98. The first-order valence-electron chi connectivity index (χ1n) is 6.38. The number of hydrogen-bond acceptors (Lipinski definition) is 4. The van der Waals surface area contributed by atoms with E-state index in [-0.39, 0.29) is 0 Å². The van der Waals surface area contributed by atoms with Gasteiger partial charge in [0.1, 0.15) is 6.07 Å². The first-order chi connectivity index (χ1) is 9.74. The Bertz CT molecular complexity index is 617. The maximum atomic E-state index is 9.33. The number of thioether (sulfide) groups is 1. The molecule has 0 aliphatic rings. The Morgan fingerprint density at radius 1 is 1.35 bits per heavy atom. The zero-order chi connectivity index (χ0) is 14.4. The van der Waals surface area contributed by atoms with Crippen LogP contribution in [0.5, 0.6) is 0 Å². The van der Waals surface area contributed by atoms with E-state index in [0.29, 0.717) is 0 Å². The van der Waals surface area contributed by atoms with Crippen LogP contribution in [0.4, 0.5) is 5.69 Å². The van der Waals surface area contributed by atoms with Crippen LogP contribution >= 0.6 is 34.7 Å². The maximum absolute atomic E-state index is 9.33. The Hall–Kier alpha value is -1.15. The summed E-state index contributed by atoms with van der Waals surface area (Å²) in [5.74, 6) is 0.964. The molecular weight excluding hydrogens is 308 g/mol. The van der Waals surface area contributed by atoms with E-state index in [4.69, 9.17) is 11.6 Å². The monoisotopic (exact) mass is 322 g/mol. The van der Waals surface area contributed by atoms with Gasteiger partial charge in [0.25, 0.3) is 0 Å². The van der Waals surface area contributed by atoms with Crippen molar-refractivity contribution in [2.24, 2.45) is 0 Å². The van der Waals surface area contributed by atoms with Crippen molar-refractivity contribution < 1.29 is 0 Å². The number of benzene rings is 1. The normalized spacial score (nSPS) is 10.2. The lowest BCUT2D eigenvalue weighted by atomic mass is 10.2. The molecule has 104 valence electrons. The molecule has 0 aliphatic heterocycles. The van der Waals surface area contributed by atoms with Crippen LogP contribution < -0.4 is 5.32 Å². The molecule has 0 saturated heterocycles. The Morgan fingerprint density at radius 2 is 2.20 bits per heavy atom. The Labute approximate surface area is 132 Å². The second-order valence-corrected chi connectivity index (χ2v) is 7.21. The number of halogens is 1. The Kier molecular flexibility index (Phi) is 5.78. The van der Waals surface area contributed by atoms with Crippen LogP contribution in [0.15, 0.2) is 35.2 Å². The lowest BCUT2D eigenvalue weighted by molar-refractivity contribution is 1.04. The zero-order valence-corrected chi connectivity index (χ0v) is 13.5. The van der Waals surface area contributed by atoms with Crippen LogP contribution in [0.1, 0.15) is 17.4 Å². The number of nitrogens with one attached hydrogen (secondary N) is 1. The summed E-state index contributed by atoms with van der Waals surface area (Å²) in [5, 5.41) is 12.7. The van der Waals surface area contributed by atoms with Crippen LogP contribution in [0.25, 0.3) is 0 Å². The molecule has 0 amide bonds. The lowest BCUT2D eigenvalue weighted by Gasteiger charge is -2.10. The predicted octanol–water partition coefficient (Wildman–Crippen LogP) is 5.04. The van der Waals surface area contributed by atoms with Crippen molar-refractivity contribution in [2.45, 2.75) is 18.2 Å². The van der Waals surface area contributed by atoms with Gasteiger partial charge in [0, 0.05) is 16.3 Å². The van der Waals surface area contributed by atoms with E-state index >= 15 is 0 Å². The average molecular weight is 323 g/mol. The van der Waals surface area contributed by atoms with Gasteiger partial charge in [-0.3, -0.25) is 0 Å². The van der Waals surface area contributed by atoms with Gasteiger partial charge in [-0.15, -0.1) is 23.1 Å². The average Bonchev–Trinajstić information content (AvgIpc) is 2.85. The third-order valence-electron chi connectivity index (χ3n) is 2.75. The van der Waals surface area contributed by atoms with E-state index in [1.807, 2.05) is 30.3 Å².